The van der Waals surface area contributed by atoms with Gasteiger partial charge in [0, 0.05) is 30.4 Å². The summed E-state index contributed by atoms with van der Waals surface area (Å²) in [5.74, 6) is -0.597. The van der Waals surface area contributed by atoms with E-state index in [1.54, 1.807) is 6.07 Å². The van der Waals surface area contributed by atoms with Gasteiger partial charge in [-0.25, -0.2) is 4.39 Å². The highest BCUT2D eigenvalue weighted by atomic mass is 35.5. The van der Waals surface area contributed by atoms with E-state index in [1.807, 2.05) is 12.3 Å². The van der Waals surface area contributed by atoms with Crippen LogP contribution in [0.3, 0.4) is 0 Å². The van der Waals surface area contributed by atoms with Crippen LogP contribution in [0.2, 0.25) is 5.02 Å². The molecule has 1 amide bonds. The number of fused-ring (bicyclic) bond motifs is 1. The molecule has 23 heavy (non-hydrogen) atoms. The van der Waals surface area contributed by atoms with Crippen molar-refractivity contribution >= 4 is 38.9 Å². The monoisotopic (exact) mass is 350 g/mol. The zero-order valence-corrected chi connectivity index (χ0v) is 14.3. The van der Waals surface area contributed by atoms with Gasteiger partial charge in [-0.3, -0.25) is 4.79 Å². The van der Waals surface area contributed by atoms with Crippen LogP contribution in [0.15, 0.2) is 36.7 Å². The lowest BCUT2D eigenvalue weighted by molar-refractivity contribution is 0.0955. The smallest absolute Gasteiger partial charge is 0.261 e. The Bertz CT molecular complexity index is 837. The van der Waals surface area contributed by atoms with Crippen LogP contribution in [-0.2, 0) is 6.54 Å². The molecule has 2 aromatic heterocycles. The molecule has 0 spiro atoms. The van der Waals surface area contributed by atoms with Crippen molar-refractivity contribution in [3.63, 3.8) is 0 Å². The van der Waals surface area contributed by atoms with Gasteiger partial charge in [0.05, 0.1) is 14.6 Å². The van der Waals surface area contributed by atoms with Crippen molar-refractivity contribution in [3.05, 3.63) is 57.9 Å². The van der Waals surface area contributed by atoms with Gasteiger partial charge in [-0.1, -0.05) is 17.7 Å². The van der Waals surface area contributed by atoms with E-state index in [0.717, 1.165) is 15.6 Å². The van der Waals surface area contributed by atoms with Crippen LogP contribution in [0.1, 0.15) is 35.1 Å². The zero-order chi connectivity index (χ0) is 16.6. The van der Waals surface area contributed by atoms with Crippen LogP contribution in [0.5, 0.6) is 0 Å². The van der Waals surface area contributed by atoms with Gasteiger partial charge in [-0.05, 0) is 37.6 Å². The van der Waals surface area contributed by atoms with Gasteiger partial charge in [0.25, 0.3) is 5.91 Å². The molecule has 0 radical (unpaired) electrons. The number of carbonyl (C=O) groups excluding carboxylic acids is 1. The molecule has 0 aliphatic heterocycles. The molecule has 3 rings (SSSR count). The van der Waals surface area contributed by atoms with E-state index in [0.29, 0.717) is 17.5 Å². The highest BCUT2D eigenvalue weighted by Gasteiger charge is 2.12. The maximum absolute atomic E-state index is 13.1. The molecule has 3 aromatic rings. The maximum Gasteiger partial charge on any atom is 0.261 e. The molecule has 0 unspecified atom stereocenters. The number of halogens is 2. The van der Waals surface area contributed by atoms with Gasteiger partial charge in [0.1, 0.15) is 5.82 Å². The Morgan fingerprint density at radius 2 is 2.13 bits per heavy atom. The maximum atomic E-state index is 13.1. The van der Waals surface area contributed by atoms with Gasteiger partial charge in [-0.15, -0.1) is 11.3 Å². The van der Waals surface area contributed by atoms with Gasteiger partial charge in [0.15, 0.2) is 0 Å². The van der Waals surface area contributed by atoms with Gasteiger partial charge < -0.3 is 9.88 Å². The number of thiophene rings is 1. The van der Waals surface area contributed by atoms with Crippen molar-refractivity contribution in [3.8, 4) is 0 Å². The van der Waals surface area contributed by atoms with Crippen molar-refractivity contribution in [2.24, 2.45) is 0 Å². The lowest BCUT2D eigenvalue weighted by atomic mass is 10.2. The molecule has 0 saturated carbocycles. The average molecular weight is 351 g/mol. The fourth-order valence-electron chi connectivity index (χ4n) is 2.28. The Kier molecular flexibility index (Phi) is 4.41. The standard InChI is InChI=1S/C17H16ClFN2OS/c1-10(2)21-8-12-6-15(23-16(12)9-21)17(22)20-7-11-3-4-14(19)13(18)5-11/h3-6,8-10H,7H2,1-2H3,(H,20,22). The molecular weight excluding hydrogens is 335 g/mol. The Morgan fingerprint density at radius 1 is 1.35 bits per heavy atom. The van der Waals surface area contributed by atoms with Crippen molar-refractivity contribution in [1.82, 2.24) is 9.88 Å². The lowest BCUT2D eigenvalue weighted by Gasteiger charge is -2.06. The third kappa shape index (κ3) is 3.41. The van der Waals surface area contributed by atoms with E-state index >= 15 is 0 Å². The van der Waals surface area contributed by atoms with E-state index < -0.39 is 5.82 Å². The molecule has 0 aliphatic carbocycles. The van der Waals surface area contributed by atoms with E-state index in [1.165, 1.54) is 23.5 Å². The summed E-state index contributed by atoms with van der Waals surface area (Å²) in [6, 6.07) is 6.72. The molecule has 0 fully saturated rings. The number of rotatable bonds is 4. The van der Waals surface area contributed by atoms with E-state index in [9.17, 15) is 9.18 Å². The van der Waals surface area contributed by atoms with Crippen molar-refractivity contribution in [1.29, 1.82) is 0 Å². The molecule has 1 aromatic carbocycles. The molecular formula is C17H16ClFN2OS. The average Bonchev–Trinajstić information content (AvgIpc) is 3.06. The second-order valence-electron chi connectivity index (χ2n) is 5.66. The van der Waals surface area contributed by atoms with E-state index in [4.69, 9.17) is 11.6 Å². The minimum Gasteiger partial charge on any atom is -0.350 e. The number of aromatic nitrogens is 1. The Morgan fingerprint density at radius 3 is 2.78 bits per heavy atom. The summed E-state index contributed by atoms with van der Waals surface area (Å²) in [6.45, 7) is 4.54. The third-order valence-corrected chi connectivity index (χ3v) is 4.98. The van der Waals surface area contributed by atoms with Gasteiger partial charge in [-0.2, -0.15) is 0 Å². The normalized spacial score (nSPS) is 11.3. The summed E-state index contributed by atoms with van der Waals surface area (Å²) in [6.07, 6.45) is 4.11. The first-order valence-electron chi connectivity index (χ1n) is 7.27. The minimum absolute atomic E-state index is 0.0600. The highest BCUT2D eigenvalue weighted by molar-refractivity contribution is 7.20. The van der Waals surface area contributed by atoms with E-state index in [2.05, 4.69) is 29.9 Å². The predicted octanol–water partition coefficient (Wildman–Crippen LogP) is 5.01. The fraction of sp³-hybridized carbons (Fsp3) is 0.235. The summed E-state index contributed by atoms with van der Waals surface area (Å²) in [4.78, 5) is 12.9. The second-order valence-corrected chi connectivity index (χ2v) is 7.15. The molecule has 6 heteroatoms. The Labute approximate surface area is 142 Å². The lowest BCUT2D eigenvalue weighted by Crippen LogP contribution is -2.21. The molecule has 120 valence electrons. The summed E-state index contributed by atoms with van der Waals surface area (Å²) in [5, 5.41) is 3.96. The van der Waals surface area contributed by atoms with E-state index in [-0.39, 0.29) is 10.9 Å². The van der Waals surface area contributed by atoms with Crippen LogP contribution < -0.4 is 5.32 Å². The van der Waals surface area contributed by atoms with Crippen molar-refractivity contribution in [2.45, 2.75) is 26.4 Å². The first-order chi connectivity index (χ1) is 10.9. The number of carbonyl (C=O) groups is 1. The number of hydrogen-bond acceptors (Lipinski definition) is 2. The SMILES string of the molecule is CC(C)n1cc2cc(C(=O)NCc3ccc(F)c(Cl)c3)sc2c1. The number of benzene rings is 1. The summed E-state index contributed by atoms with van der Waals surface area (Å²) in [5.41, 5.74) is 0.762. The quantitative estimate of drug-likeness (QED) is 0.705. The highest BCUT2D eigenvalue weighted by Crippen LogP contribution is 2.28. The number of nitrogens with one attached hydrogen (secondary N) is 1. The zero-order valence-electron chi connectivity index (χ0n) is 12.8. The first-order valence-corrected chi connectivity index (χ1v) is 8.46. The molecule has 0 saturated heterocycles. The fourth-order valence-corrected chi connectivity index (χ4v) is 3.48. The van der Waals surface area contributed by atoms with Crippen molar-refractivity contribution < 1.29 is 9.18 Å². The molecule has 0 bridgehead atoms. The number of nitrogens with zero attached hydrogens (tertiary/aromatic N) is 1. The second kappa shape index (κ2) is 6.34. The molecule has 3 nitrogen and oxygen atoms in total. The topological polar surface area (TPSA) is 34.0 Å². The van der Waals surface area contributed by atoms with Gasteiger partial charge in [0.2, 0.25) is 0 Å². The molecule has 0 aliphatic rings. The number of hydrogen-bond donors (Lipinski definition) is 1. The summed E-state index contributed by atoms with van der Waals surface area (Å²) in [7, 11) is 0. The Balaban J connectivity index is 1.70. The van der Waals surface area contributed by atoms with Crippen LogP contribution in [0.4, 0.5) is 4.39 Å². The van der Waals surface area contributed by atoms with Crippen molar-refractivity contribution in [2.75, 3.05) is 0 Å². The third-order valence-electron chi connectivity index (χ3n) is 3.60. The summed E-state index contributed by atoms with van der Waals surface area (Å²) >= 11 is 7.20. The molecule has 2 heterocycles. The van der Waals surface area contributed by atoms with Crippen LogP contribution >= 0.6 is 22.9 Å². The van der Waals surface area contributed by atoms with Crippen LogP contribution in [0.25, 0.3) is 10.1 Å². The molecule has 0 atom stereocenters. The van der Waals surface area contributed by atoms with Crippen LogP contribution in [-0.4, -0.2) is 10.5 Å². The Hall–Kier alpha value is -1.85. The summed E-state index contributed by atoms with van der Waals surface area (Å²) < 4.78 is 16.3. The first kappa shape index (κ1) is 16.0. The predicted molar refractivity (Wildman–Crippen MR) is 92.8 cm³/mol. The number of amides is 1. The van der Waals surface area contributed by atoms with Crippen LogP contribution in [0, 0.1) is 5.82 Å². The molecule has 1 N–H and O–H groups in total. The van der Waals surface area contributed by atoms with Gasteiger partial charge >= 0.3 is 0 Å². The largest absolute Gasteiger partial charge is 0.350 e. The minimum atomic E-state index is -0.461.